The zero-order valence-corrected chi connectivity index (χ0v) is 21.4. The summed E-state index contributed by atoms with van der Waals surface area (Å²) < 4.78 is 24.4. The van der Waals surface area contributed by atoms with Crippen molar-refractivity contribution >= 4 is 0 Å². The molecule has 0 radical (unpaired) electrons. The van der Waals surface area contributed by atoms with E-state index in [-0.39, 0.29) is 0 Å². The van der Waals surface area contributed by atoms with Crippen molar-refractivity contribution in [3.05, 3.63) is 20.8 Å². The molecule has 0 saturated heterocycles. The van der Waals surface area contributed by atoms with Crippen LogP contribution in [-0.4, -0.2) is 4.03 Å². The van der Waals surface area contributed by atoms with Gasteiger partial charge in [-0.05, 0) is 0 Å². The Morgan fingerprint density at radius 1 is 0.607 bits per heavy atom. The van der Waals surface area contributed by atoms with E-state index in [0.29, 0.717) is 17.8 Å². The second kappa shape index (κ2) is 31.8. The number of unbranched alkanes of at least 4 members (excludes halogenated alkanes) is 3. The Kier molecular flexibility index (Phi) is 40.4. The van der Waals surface area contributed by atoms with E-state index in [4.69, 9.17) is 11.4 Å². The summed E-state index contributed by atoms with van der Waals surface area (Å²) in [5, 5.41) is 0. The van der Waals surface area contributed by atoms with Gasteiger partial charge in [0.1, 0.15) is 0 Å². The third-order valence-corrected chi connectivity index (χ3v) is 4.63. The van der Waals surface area contributed by atoms with Crippen molar-refractivity contribution in [2.45, 2.75) is 119 Å². The molecule has 0 bridgehead atoms. The van der Waals surface area contributed by atoms with Gasteiger partial charge in [-0.25, -0.2) is 0 Å². The summed E-state index contributed by atoms with van der Waals surface area (Å²) in [6, 6.07) is 0. The molecule has 0 spiro atoms. The molecular formula is C24H52O3V-3. The summed E-state index contributed by atoms with van der Waals surface area (Å²) in [7, 11) is 0. The summed E-state index contributed by atoms with van der Waals surface area (Å²) in [5.74, 6) is 2.11. The van der Waals surface area contributed by atoms with Crippen LogP contribution >= 0.6 is 0 Å². The second-order valence-corrected chi connectivity index (χ2v) is 8.23. The standard InChI is InChI=1S/3C8H17.H2O.2O.V/c3*1-4-6-7-8(3)5-2;;;;/h3*8H,3-7H2,1-2H3;1H2;;;/q3*-1;;;;+1/p-1. The maximum absolute atomic E-state index is 8.67. The molecule has 0 rings (SSSR count). The normalized spacial score (nSPS) is 12.8. The van der Waals surface area contributed by atoms with Gasteiger partial charge in [-0.1, -0.05) is 119 Å². The molecule has 28 heavy (non-hydrogen) atoms. The molecule has 0 aliphatic carbocycles. The van der Waals surface area contributed by atoms with E-state index in [9.17, 15) is 0 Å². The van der Waals surface area contributed by atoms with Crippen LogP contribution in [0.5, 0.6) is 0 Å². The van der Waals surface area contributed by atoms with Gasteiger partial charge in [-0.3, -0.25) is 0 Å². The average molecular weight is 440 g/mol. The predicted octanol–water partition coefficient (Wildman–Crippen LogP) is 8.31. The first-order chi connectivity index (χ1) is 13.2. The Labute approximate surface area is 183 Å². The van der Waals surface area contributed by atoms with Gasteiger partial charge in [0.15, 0.2) is 0 Å². The van der Waals surface area contributed by atoms with Gasteiger partial charge in [-0.15, -0.1) is 0 Å². The summed E-state index contributed by atoms with van der Waals surface area (Å²) >= 11 is -3.69. The zero-order chi connectivity index (χ0) is 22.8. The molecule has 0 aromatic heterocycles. The quantitative estimate of drug-likeness (QED) is 0.311. The summed E-state index contributed by atoms with van der Waals surface area (Å²) in [6.45, 7) is 25.3. The zero-order valence-electron chi connectivity index (χ0n) is 20.0. The molecule has 0 aromatic rings. The third kappa shape index (κ3) is 50.2. The predicted molar refractivity (Wildman–Crippen MR) is 120 cm³/mol. The molecule has 0 fully saturated rings. The van der Waals surface area contributed by atoms with Crippen molar-refractivity contribution in [2.75, 3.05) is 0 Å². The van der Waals surface area contributed by atoms with Gasteiger partial charge < -0.3 is 20.8 Å². The molecule has 1 N–H and O–H groups in total. The number of rotatable bonds is 12. The van der Waals surface area contributed by atoms with Crippen molar-refractivity contribution in [3.63, 3.8) is 0 Å². The van der Waals surface area contributed by atoms with Gasteiger partial charge in [0.2, 0.25) is 0 Å². The topological polar surface area (TPSA) is 54.4 Å². The van der Waals surface area contributed by atoms with Crippen molar-refractivity contribution in [1.29, 1.82) is 0 Å². The summed E-state index contributed by atoms with van der Waals surface area (Å²) in [5.41, 5.74) is 0. The molecule has 3 unspecified atom stereocenters. The van der Waals surface area contributed by atoms with Crippen LogP contribution in [0, 0.1) is 38.5 Å². The molecular weight excluding hydrogens is 387 g/mol. The number of hydrogen-bond donors (Lipinski definition) is 1. The van der Waals surface area contributed by atoms with Crippen LogP contribution in [0.15, 0.2) is 0 Å². The monoisotopic (exact) mass is 439 g/mol. The van der Waals surface area contributed by atoms with Crippen LogP contribution in [0.2, 0.25) is 0 Å². The third-order valence-electron chi connectivity index (χ3n) is 4.63. The first kappa shape index (κ1) is 35.6. The van der Waals surface area contributed by atoms with E-state index in [1.54, 1.807) is 0 Å². The first-order valence-electron chi connectivity index (χ1n) is 11.5. The van der Waals surface area contributed by atoms with Crippen LogP contribution in [0.1, 0.15) is 119 Å². The molecule has 0 aliphatic heterocycles. The SMILES string of the molecule is [CH2-]C(CC)CCCC.[CH2-]C(CC)CCCC.[CH2-]C(CC)CCCC.[O]=[V](=[O])[OH]. The van der Waals surface area contributed by atoms with Crippen LogP contribution in [-0.2, 0) is 22.7 Å². The van der Waals surface area contributed by atoms with Crippen molar-refractivity contribution in [2.24, 2.45) is 17.8 Å². The van der Waals surface area contributed by atoms with E-state index in [1.165, 1.54) is 77.0 Å². The Morgan fingerprint density at radius 2 is 0.786 bits per heavy atom. The van der Waals surface area contributed by atoms with E-state index in [0.717, 1.165) is 0 Å². The molecule has 174 valence electrons. The minimum atomic E-state index is -3.69. The molecule has 3 atom stereocenters. The average Bonchev–Trinajstić information content (AvgIpc) is 2.68. The summed E-state index contributed by atoms with van der Waals surface area (Å²) in [4.78, 5) is 0. The molecule has 0 amide bonds. The van der Waals surface area contributed by atoms with Gasteiger partial charge in [-0.2, -0.15) is 17.8 Å². The fourth-order valence-corrected chi connectivity index (χ4v) is 2.09. The van der Waals surface area contributed by atoms with Gasteiger partial charge in [0.25, 0.3) is 0 Å². The van der Waals surface area contributed by atoms with Crippen LogP contribution in [0.4, 0.5) is 0 Å². The van der Waals surface area contributed by atoms with Crippen LogP contribution in [0.3, 0.4) is 0 Å². The van der Waals surface area contributed by atoms with Gasteiger partial charge in [0.05, 0.1) is 0 Å². The van der Waals surface area contributed by atoms with Crippen molar-refractivity contribution in [1.82, 2.24) is 0 Å². The van der Waals surface area contributed by atoms with Crippen LogP contribution < -0.4 is 0 Å². The van der Waals surface area contributed by atoms with Crippen molar-refractivity contribution < 1.29 is 26.8 Å². The van der Waals surface area contributed by atoms with E-state index in [1.807, 2.05) is 0 Å². The van der Waals surface area contributed by atoms with Gasteiger partial charge in [0, 0.05) is 0 Å². The fraction of sp³-hybridized carbons (Fsp3) is 0.875. The molecule has 0 saturated carbocycles. The molecule has 3 nitrogen and oxygen atoms in total. The van der Waals surface area contributed by atoms with E-state index < -0.39 is 15.4 Å². The Morgan fingerprint density at radius 3 is 0.893 bits per heavy atom. The molecule has 4 heteroatoms. The van der Waals surface area contributed by atoms with Crippen molar-refractivity contribution in [3.8, 4) is 0 Å². The van der Waals surface area contributed by atoms with Crippen LogP contribution in [0.25, 0.3) is 0 Å². The Hall–Kier alpha value is 0.144. The first-order valence-corrected chi connectivity index (χ1v) is 13.2. The van der Waals surface area contributed by atoms with Gasteiger partial charge >= 0.3 is 26.8 Å². The second-order valence-electron chi connectivity index (χ2n) is 7.49. The maximum atomic E-state index is 8.67. The van der Waals surface area contributed by atoms with E-state index in [2.05, 4.69) is 62.3 Å². The number of hydrogen-bond acceptors (Lipinski definition) is 2. The molecule has 0 aromatic carbocycles. The molecule has 0 aliphatic rings. The van der Waals surface area contributed by atoms with E-state index >= 15 is 0 Å². The minimum absolute atomic E-state index is 0.704. The molecule has 0 heterocycles. The Balaban J connectivity index is -0.000000141. The fourth-order valence-electron chi connectivity index (χ4n) is 2.09. The summed E-state index contributed by atoms with van der Waals surface area (Å²) in [6.07, 6.45) is 15.6. The Bertz CT molecular complexity index is 276.